The van der Waals surface area contributed by atoms with E-state index in [0.717, 1.165) is 0 Å². The number of rotatable bonds is 2. The molecule has 11 heteroatoms. The molecule has 3 heterocycles. The van der Waals surface area contributed by atoms with E-state index in [2.05, 4.69) is 26.8 Å². The van der Waals surface area contributed by atoms with Crippen LogP contribution in [0.1, 0.15) is 6.23 Å². The number of hydrogen-bond donors (Lipinski definition) is 4. The fourth-order valence-corrected chi connectivity index (χ4v) is 3.21. The van der Waals surface area contributed by atoms with Crippen LogP contribution in [0.15, 0.2) is 6.33 Å². The van der Waals surface area contributed by atoms with Gasteiger partial charge >= 0.3 is 0 Å². The van der Waals surface area contributed by atoms with E-state index in [1.54, 1.807) is 0 Å². The highest BCUT2D eigenvalue weighted by molar-refractivity contribution is 7.71. The molecular formula is C13H13ClFN5O3S. The molecule has 0 saturated carbocycles. The second-order valence-electron chi connectivity index (χ2n) is 5.13. The summed E-state index contributed by atoms with van der Waals surface area (Å²) in [6.07, 6.45) is -2.06. The van der Waals surface area contributed by atoms with Gasteiger partial charge in [-0.3, -0.25) is 4.57 Å². The monoisotopic (exact) mass is 373 g/mol. The minimum Gasteiger partial charge on any atom is -0.394 e. The van der Waals surface area contributed by atoms with Crippen molar-refractivity contribution in [2.24, 2.45) is 0 Å². The van der Waals surface area contributed by atoms with Gasteiger partial charge in [0.05, 0.1) is 12.9 Å². The summed E-state index contributed by atoms with van der Waals surface area (Å²) < 4.78 is 19.7. The van der Waals surface area contributed by atoms with Crippen LogP contribution in [0, 0.1) is 16.5 Å². The summed E-state index contributed by atoms with van der Waals surface area (Å²) in [5, 5.41) is 19.7. The highest BCUT2D eigenvalue weighted by Crippen LogP contribution is 2.44. The van der Waals surface area contributed by atoms with Gasteiger partial charge < -0.3 is 25.7 Å². The molecule has 2 aromatic heterocycles. The topological polar surface area (TPSA) is 122 Å². The molecule has 4 atom stereocenters. The molecule has 2 aromatic rings. The zero-order valence-electron chi connectivity index (χ0n) is 12.1. The first-order valence-electron chi connectivity index (χ1n) is 6.84. The van der Waals surface area contributed by atoms with Gasteiger partial charge in [0.1, 0.15) is 30.0 Å². The summed E-state index contributed by atoms with van der Waals surface area (Å²) in [5.41, 5.74) is 6.37. The lowest BCUT2D eigenvalue weighted by molar-refractivity contribution is -0.0436. The number of anilines is 1. The van der Waals surface area contributed by atoms with Crippen LogP contribution in [-0.4, -0.2) is 60.1 Å². The standard InChI is InChI=1S/C13H13ClFN5O3S/c14-13(2-1-3-15)8(22)6(4-21)23-11(13)20-5-17-7-9(20)18-12(16)19-10(7)24/h5-6,8,11,21-22H,3-4H2,(H3,16,18,19,24)/t6-,8+,11-,13?/m1/s1. The van der Waals surface area contributed by atoms with Crippen LogP contribution in [0.25, 0.3) is 11.2 Å². The number of nitrogens with zero attached hydrogens (tertiary/aromatic N) is 3. The Bertz CT molecular complexity index is 893. The zero-order chi connectivity index (χ0) is 17.5. The number of halogens is 2. The van der Waals surface area contributed by atoms with Gasteiger partial charge in [0.25, 0.3) is 0 Å². The lowest BCUT2D eigenvalue weighted by Gasteiger charge is -2.25. The summed E-state index contributed by atoms with van der Waals surface area (Å²) >= 11 is 11.5. The third-order valence-electron chi connectivity index (χ3n) is 3.69. The quantitative estimate of drug-likeness (QED) is 0.338. The maximum absolute atomic E-state index is 12.5. The summed E-state index contributed by atoms with van der Waals surface area (Å²) in [6, 6.07) is 0. The van der Waals surface area contributed by atoms with Crippen LogP contribution in [0.2, 0.25) is 0 Å². The Kier molecular flexibility index (Phi) is 4.46. The molecule has 1 unspecified atom stereocenters. The van der Waals surface area contributed by atoms with E-state index in [9.17, 15) is 14.6 Å². The Labute approximate surface area is 145 Å². The molecule has 0 bridgehead atoms. The van der Waals surface area contributed by atoms with Crippen molar-refractivity contribution < 1.29 is 19.3 Å². The molecule has 3 rings (SSSR count). The molecule has 1 fully saturated rings. The number of nitrogens with one attached hydrogen (secondary N) is 1. The lowest BCUT2D eigenvalue weighted by atomic mass is 9.99. The Hall–Kier alpha value is -1.77. The van der Waals surface area contributed by atoms with E-state index < -0.39 is 36.6 Å². The number of alkyl halides is 2. The Morgan fingerprint density at radius 3 is 3.04 bits per heavy atom. The molecule has 0 aliphatic carbocycles. The first kappa shape index (κ1) is 17.1. The Morgan fingerprint density at radius 2 is 2.38 bits per heavy atom. The number of ether oxygens (including phenoxy) is 1. The zero-order valence-corrected chi connectivity index (χ0v) is 13.7. The average Bonchev–Trinajstić information content (AvgIpc) is 3.06. The van der Waals surface area contributed by atoms with E-state index in [1.165, 1.54) is 10.9 Å². The molecule has 0 radical (unpaired) electrons. The number of H-pyrrole nitrogens is 1. The number of aliphatic hydroxyl groups excluding tert-OH is 2. The van der Waals surface area contributed by atoms with Crippen molar-refractivity contribution >= 4 is 40.9 Å². The maximum atomic E-state index is 12.5. The van der Waals surface area contributed by atoms with Crippen LogP contribution in [-0.2, 0) is 4.74 Å². The number of aromatic nitrogens is 4. The van der Waals surface area contributed by atoms with Crippen LogP contribution in [0.5, 0.6) is 0 Å². The molecule has 24 heavy (non-hydrogen) atoms. The number of fused-ring (bicyclic) bond motifs is 1. The summed E-state index contributed by atoms with van der Waals surface area (Å²) in [6.45, 7) is -1.43. The Balaban J connectivity index is 2.18. The van der Waals surface area contributed by atoms with E-state index in [1.807, 2.05) is 0 Å². The van der Waals surface area contributed by atoms with Gasteiger partial charge in [0, 0.05) is 0 Å². The van der Waals surface area contributed by atoms with Gasteiger partial charge in [-0.2, -0.15) is 0 Å². The average molecular weight is 374 g/mol. The number of nitrogens with two attached hydrogens (primary N) is 1. The highest BCUT2D eigenvalue weighted by atomic mass is 35.5. The van der Waals surface area contributed by atoms with Gasteiger partial charge in [-0.1, -0.05) is 35.7 Å². The second-order valence-corrected chi connectivity index (χ2v) is 6.15. The number of aliphatic hydroxyl groups is 2. The fourth-order valence-electron chi connectivity index (χ4n) is 2.60. The minimum atomic E-state index is -1.69. The van der Waals surface area contributed by atoms with Gasteiger partial charge in [-0.15, -0.1) is 0 Å². The largest absolute Gasteiger partial charge is 0.394 e. The number of aromatic amines is 1. The van der Waals surface area contributed by atoms with Crippen molar-refractivity contribution in [2.75, 3.05) is 19.0 Å². The van der Waals surface area contributed by atoms with Gasteiger partial charge in [0.15, 0.2) is 21.7 Å². The first-order valence-corrected chi connectivity index (χ1v) is 7.62. The predicted molar refractivity (Wildman–Crippen MR) is 86.5 cm³/mol. The summed E-state index contributed by atoms with van der Waals surface area (Å²) in [5.74, 6) is 4.73. The Morgan fingerprint density at radius 1 is 1.62 bits per heavy atom. The molecule has 8 nitrogen and oxygen atoms in total. The SMILES string of the molecule is Nc1nc(=S)c2ncn([C@@H]3O[C@H](CO)[C@H](O)C3(Cl)C#CCF)c2[nH]1. The van der Waals surface area contributed by atoms with E-state index >= 15 is 0 Å². The highest BCUT2D eigenvalue weighted by Gasteiger charge is 2.55. The van der Waals surface area contributed by atoms with Crippen LogP contribution in [0.3, 0.4) is 0 Å². The predicted octanol–water partition coefficient (Wildman–Crippen LogP) is 0.272. The molecule has 1 aliphatic rings. The van der Waals surface area contributed by atoms with Crippen molar-refractivity contribution in [3.8, 4) is 11.8 Å². The molecule has 1 aliphatic heterocycles. The van der Waals surface area contributed by atoms with Gasteiger partial charge in [-0.05, 0) is 0 Å². The third kappa shape index (κ3) is 2.54. The van der Waals surface area contributed by atoms with E-state index in [0.29, 0.717) is 11.2 Å². The molecule has 0 spiro atoms. The van der Waals surface area contributed by atoms with Crippen molar-refractivity contribution in [1.29, 1.82) is 0 Å². The van der Waals surface area contributed by atoms with Crippen molar-refractivity contribution in [3.05, 3.63) is 11.0 Å². The van der Waals surface area contributed by atoms with Crippen molar-refractivity contribution in [2.45, 2.75) is 23.3 Å². The normalized spacial score (nSPS) is 29.6. The second kappa shape index (κ2) is 6.27. The minimum absolute atomic E-state index is 0.0570. The molecule has 1 saturated heterocycles. The fraction of sp³-hybridized carbons (Fsp3) is 0.462. The number of hydrogen-bond acceptors (Lipinski definition) is 7. The summed E-state index contributed by atoms with van der Waals surface area (Å²) in [7, 11) is 0. The van der Waals surface area contributed by atoms with Crippen molar-refractivity contribution in [1.82, 2.24) is 19.5 Å². The first-order chi connectivity index (χ1) is 11.4. The van der Waals surface area contributed by atoms with Crippen LogP contribution >= 0.6 is 23.8 Å². The molecule has 0 aromatic carbocycles. The number of nitrogen functional groups attached to an aromatic ring is 1. The number of imidazole rings is 1. The van der Waals surface area contributed by atoms with Gasteiger partial charge in [-0.25, -0.2) is 14.4 Å². The van der Waals surface area contributed by atoms with Crippen LogP contribution in [0.4, 0.5) is 10.3 Å². The van der Waals surface area contributed by atoms with Crippen LogP contribution < -0.4 is 5.73 Å². The van der Waals surface area contributed by atoms with E-state index in [4.69, 9.17) is 34.3 Å². The lowest BCUT2D eigenvalue weighted by Crippen LogP contribution is -2.41. The van der Waals surface area contributed by atoms with Crippen molar-refractivity contribution in [3.63, 3.8) is 0 Å². The third-order valence-corrected chi connectivity index (χ3v) is 4.48. The molecule has 5 N–H and O–H groups in total. The smallest absolute Gasteiger partial charge is 0.200 e. The summed E-state index contributed by atoms with van der Waals surface area (Å²) in [4.78, 5) is 9.12. The van der Waals surface area contributed by atoms with Gasteiger partial charge in [0.2, 0.25) is 0 Å². The maximum Gasteiger partial charge on any atom is 0.200 e. The molecular weight excluding hydrogens is 361 g/mol. The molecule has 0 amide bonds. The van der Waals surface area contributed by atoms with E-state index in [-0.39, 0.29) is 10.6 Å². The molecule has 128 valence electrons.